The van der Waals surface area contributed by atoms with Crippen LogP contribution >= 0.6 is 11.3 Å². The van der Waals surface area contributed by atoms with Gasteiger partial charge >= 0.3 is 0 Å². The van der Waals surface area contributed by atoms with Gasteiger partial charge in [0, 0.05) is 10.4 Å². The van der Waals surface area contributed by atoms with Crippen LogP contribution in [0.4, 0.5) is 5.00 Å². The van der Waals surface area contributed by atoms with Gasteiger partial charge in [-0.3, -0.25) is 4.79 Å². The SMILES string of the molecule is C[C@@H]1CCc2c(sc(NC(=O)c3ccc(-c4ccccc4)cc3)c2C#N)C1. The van der Waals surface area contributed by atoms with Crippen LogP contribution in [0.15, 0.2) is 54.6 Å². The molecule has 0 bridgehead atoms. The fourth-order valence-electron chi connectivity index (χ4n) is 3.58. The number of thiophene rings is 1. The first-order valence-corrected chi connectivity index (χ1v) is 9.99. The van der Waals surface area contributed by atoms with Crippen molar-refractivity contribution in [2.75, 3.05) is 5.32 Å². The van der Waals surface area contributed by atoms with Crippen molar-refractivity contribution in [1.29, 1.82) is 5.26 Å². The van der Waals surface area contributed by atoms with Crippen LogP contribution in [0.1, 0.15) is 39.7 Å². The number of nitrogens with zero attached hydrogens (tertiary/aromatic N) is 1. The Morgan fingerprint density at radius 1 is 1.11 bits per heavy atom. The average molecular weight is 372 g/mol. The summed E-state index contributed by atoms with van der Waals surface area (Å²) < 4.78 is 0. The lowest BCUT2D eigenvalue weighted by atomic mass is 9.88. The number of anilines is 1. The van der Waals surface area contributed by atoms with Gasteiger partial charge in [0.1, 0.15) is 11.1 Å². The van der Waals surface area contributed by atoms with Gasteiger partial charge in [0.15, 0.2) is 0 Å². The van der Waals surface area contributed by atoms with Crippen molar-refractivity contribution in [3.8, 4) is 17.2 Å². The highest BCUT2D eigenvalue weighted by Gasteiger charge is 2.24. The molecule has 2 aromatic carbocycles. The third kappa shape index (κ3) is 3.51. The predicted octanol–water partition coefficient (Wildman–Crippen LogP) is 5.66. The van der Waals surface area contributed by atoms with Gasteiger partial charge in [0.05, 0.1) is 5.56 Å². The van der Waals surface area contributed by atoms with E-state index >= 15 is 0 Å². The number of rotatable bonds is 3. The number of hydrogen-bond acceptors (Lipinski definition) is 3. The molecule has 0 saturated heterocycles. The maximum Gasteiger partial charge on any atom is 0.256 e. The van der Waals surface area contributed by atoms with Crippen molar-refractivity contribution >= 4 is 22.2 Å². The molecule has 3 aromatic rings. The molecule has 0 unspecified atom stereocenters. The summed E-state index contributed by atoms with van der Waals surface area (Å²) in [5.41, 5.74) is 4.58. The highest BCUT2D eigenvalue weighted by molar-refractivity contribution is 7.16. The molecule has 1 aliphatic carbocycles. The van der Waals surface area contributed by atoms with Crippen molar-refractivity contribution in [2.45, 2.75) is 26.2 Å². The van der Waals surface area contributed by atoms with Crippen molar-refractivity contribution in [2.24, 2.45) is 5.92 Å². The molecule has 0 spiro atoms. The van der Waals surface area contributed by atoms with Crippen molar-refractivity contribution in [3.05, 3.63) is 76.2 Å². The number of amides is 1. The maximum absolute atomic E-state index is 12.7. The molecular weight excluding hydrogens is 352 g/mol. The van der Waals surface area contributed by atoms with Crippen LogP contribution in [0.2, 0.25) is 0 Å². The van der Waals surface area contributed by atoms with E-state index in [1.54, 1.807) is 11.3 Å². The van der Waals surface area contributed by atoms with Crippen LogP contribution in [0.3, 0.4) is 0 Å². The molecule has 27 heavy (non-hydrogen) atoms. The molecule has 1 aromatic heterocycles. The zero-order chi connectivity index (χ0) is 18.8. The lowest BCUT2D eigenvalue weighted by molar-refractivity contribution is 0.102. The number of benzene rings is 2. The Morgan fingerprint density at radius 2 is 1.81 bits per heavy atom. The largest absolute Gasteiger partial charge is 0.312 e. The van der Waals surface area contributed by atoms with Crippen LogP contribution in [0.25, 0.3) is 11.1 Å². The number of nitriles is 1. The summed E-state index contributed by atoms with van der Waals surface area (Å²) in [5, 5.41) is 13.2. The first-order valence-electron chi connectivity index (χ1n) is 9.17. The van der Waals surface area contributed by atoms with Crippen molar-refractivity contribution in [1.82, 2.24) is 0 Å². The minimum Gasteiger partial charge on any atom is -0.312 e. The summed E-state index contributed by atoms with van der Waals surface area (Å²) >= 11 is 1.56. The monoisotopic (exact) mass is 372 g/mol. The molecule has 0 saturated carbocycles. The molecule has 1 amide bonds. The molecule has 0 aliphatic heterocycles. The Bertz CT molecular complexity index is 1010. The minimum atomic E-state index is -0.169. The molecule has 1 N–H and O–H groups in total. The van der Waals surface area contributed by atoms with E-state index in [1.165, 1.54) is 4.88 Å². The molecule has 0 radical (unpaired) electrons. The van der Waals surface area contributed by atoms with E-state index in [1.807, 2.05) is 54.6 Å². The van der Waals surface area contributed by atoms with Gasteiger partial charge in [0.25, 0.3) is 5.91 Å². The summed E-state index contributed by atoms with van der Waals surface area (Å²) in [5.74, 6) is 0.467. The Morgan fingerprint density at radius 3 is 2.52 bits per heavy atom. The fourth-order valence-corrected chi connectivity index (χ4v) is 4.93. The first kappa shape index (κ1) is 17.5. The standard InChI is InChI=1S/C23H20N2OS/c1-15-7-12-19-20(14-24)23(27-21(19)13-15)25-22(26)18-10-8-17(9-11-18)16-5-3-2-4-6-16/h2-6,8-11,15H,7,12-13H2,1H3,(H,25,26)/t15-/m1/s1. The fraction of sp³-hybridized carbons (Fsp3) is 0.217. The number of fused-ring (bicyclic) bond motifs is 1. The molecular formula is C23H20N2OS. The van der Waals surface area contributed by atoms with Gasteiger partial charge < -0.3 is 5.32 Å². The van der Waals surface area contributed by atoms with E-state index in [9.17, 15) is 10.1 Å². The van der Waals surface area contributed by atoms with Crippen LogP contribution in [-0.2, 0) is 12.8 Å². The highest BCUT2D eigenvalue weighted by Crippen LogP contribution is 2.39. The Kier molecular flexibility index (Phi) is 4.79. The summed E-state index contributed by atoms with van der Waals surface area (Å²) in [4.78, 5) is 13.9. The van der Waals surface area contributed by atoms with Crippen molar-refractivity contribution in [3.63, 3.8) is 0 Å². The van der Waals surface area contributed by atoms with E-state index in [2.05, 4.69) is 18.3 Å². The summed E-state index contributed by atoms with van der Waals surface area (Å²) in [6.45, 7) is 2.24. The normalized spacial score (nSPS) is 15.6. The Labute approximate surface area is 163 Å². The molecule has 1 atom stereocenters. The maximum atomic E-state index is 12.7. The highest BCUT2D eigenvalue weighted by atomic mass is 32.1. The minimum absolute atomic E-state index is 0.169. The van der Waals surface area contributed by atoms with Gasteiger partial charge in [-0.15, -0.1) is 11.3 Å². The average Bonchev–Trinajstić information content (AvgIpc) is 3.04. The van der Waals surface area contributed by atoms with Crippen molar-refractivity contribution < 1.29 is 4.79 Å². The van der Waals surface area contributed by atoms with Crippen LogP contribution in [0.5, 0.6) is 0 Å². The van der Waals surface area contributed by atoms with Gasteiger partial charge in [0.2, 0.25) is 0 Å². The zero-order valence-corrected chi connectivity index (χ0v) is 16.0. The lowest BCUT2D eigenvalue weighted by Crippen LogP contribution is -2.12. The Hall–Kier alpha value is -2.90. The second kappa shape index (κ2) is 7.38. The molecule has 134 valence electrons. The van der Waals surface area contributed by atoms with E-state index in [-0.39, 0.29) is 5.91 Å². The van der Waals surface area contributed by atoms with Gasteiger partial charge in [-0.2, -0.15) is 5.26 Å². The number of hydrogen-bond donors (Lipinski definition) is 1. The molecule has 0 fully saturated rings. The Balaban J connectivity index is 1.55. The van der Waals surface area contributed by atoms with Crippen LogP contribution < -0.4 is 5.32 Å². The topological polar surface area (TPSA) is 52.9 Å². The molecule has 1 aliphatic rings. The predicted molar refractivity (Wildman–Crippen MR) is 110 cm³/mol. The summed E-state index contributed by atoms with van der Waals surface area (Å²) in [6.07, 6.45) is 3.03. The third-order valence-corrected chi connectivity index (χ3v) is 6.27. The number of nitrogens with one attached hydrogen (secondary N) is 1. The second-order valence-electron chi connectivity index (χ2n) is 7.07. The van der Waals surface area contributed by atoms with Gasteiger partial charge in [-0.25, -0.2) is 0 Å². The number of carbonyl (C=O) groups is 1. The molecule has 1 heterocycles. The lowest BCUT2D eigenvalue weighted by Gasteiger charge is -2.17. The van der Waals surface area contributed by atoms with E-state index in [4.69, 9.17) is 0 Å². The van der Waals surface area contributed by atoms with E-state index in [0.717, 1.165) is 36.0 Å². The van der Waals surface area contributed by atoms with E-state index < -0.39 is 0 Å². The zero-order valence-electron chi connectivity index (χ0n) is 15.2. The smallest absolute Gasteiger partial charge is 0.256 e. The van der Waals surface area contributed by atoms with E-state index in [0.29, 0.717) is 22.0 Å². The number of carbonyl (C=O) groups excluding carboxylic acids is 1. The first-order chi connectivity index (χ1) is 13.2. The van der Waals surface area contributed by atoms with Gasteiger partial charge in [-0.1, -0.05) is 49.4 Å². The van der Waals surface area contributed by atoms with Crippen LogP contribution in [0, 0.1) is 17.2 Å². The van der Waals surface area contributed by atoms with Gasteiger partial charge in [-0.05, 0) is 54.0 Å². The third-order valence-electron chi connectivity index (χ3n) is 5.10. The quantitative estimate of drug-likeness (QED) is 0.644. The molecule has 4 heteroatoms. The molecule has 4 rings (SSSR count). The second-order valence-corrected chi connectivity index (χ2v) is 8.17. The summed E-state index contributed by atoms with van der Waals surface area (Å²) in [7, 11) is 0. The summed E-state index contributed by atoms with van der Waals surface area (Å²) in [6, 6.07) is 20.0. The van der Waals surface area contributed by atoms with Crippen LogP contribution in [-0.4, -0.2) is 5.91 Å². The molecule has 3 nitrogen and oxygen atoms in total.